The third-order valence-corrected chi connectivity index (χ3v) is 5.03. The van der Waals surface area contributed by atoms with Crippen LogP contribution in [0.15, 0.2) is 22.7 Å². The fourth-order valence-corrected chi connectivity index (χ4v) is 3.40. The maximum Gasteiger partial charge on any atom is 0.255 e. The monoisotopic (exact) mass is 464 g/mol. The van der Waals surface area contributed by atoms with E-state index in [1.165, 1.54) is 0 Å². The number of nitrogens with zero attached hydrogens (tertiary/aromatic N) is 1. The number of benzene rings is 1. The molecule has 0 aromatic heterocycles. The highest BCUT2D eigenvalue weighted by atomic mass is 127. The summed E-state index contributed by atoms with van der Waals surface area (Å²) in [7, 11) is 0. The fourth-order valence-electron chi connectivity index (χ4n) is 2.50. The zero-order chi connectivity index (χ0) is 15.4. The quantitative estimate of drug-likeness (QED) is 0.699. The Kier molecular flexibility index (Phi) is 6.04. The number of nitrogens with one attached hydrogen (secondary N) is 1. The first-order valence-corrected chi connectivity index (χ1v) is 8.92. The van der Waals surface area contributed by atoms with Crippen molar-refractivity contribution in [1.82, 2.24) is 10.2 Å². The van der Waals surface area contributed by atoms with Crippen LogP contribution in [0.25, 0.3) is 0 Å². The standard InChI is InChI=1S/C15H18BrIN2O2/c1-2-18-14(20)10-5-7-19(8-6-10)15(21)12-9-11(17)3-4-13(12)16/h3-4,9-10H,2,5-8H2,1H3,(H,18,20). The molecule has 2 rings (SSSR count). The van der Waals surface area contributed by atoms with Crippen LogP contribution < -0.4 is 5.32 Å². The summed E-state index contributed by atoms with van der Waals surface area (Å²) in [4.78, 5) is 26.2. The number of rotatable bonds is 3. The van der Waals surface area contributed by atoms with E-state index < -0.39 is 0 Å². The third-order valence-electron chi connectivity index (χ3n) is 3.66. The fraction of sp³-hybridized carbons (Fsp3) is 0.467. The van der Waals surface area contributed by atoms with Crippen LogP contribution in [-0.2, 0) is 4.79 Å². The van der Waals surface area contributed by atoms with Gasteiger partial charge in [-0.25, -0.2) is 0 Å². The maximum atomic E-state index is 12.6. The molecule has 21 heavy (non-hydrogen) atoms. The van der Waals surface area contributed by atoms with Crippen molar-refractivity contribution < 1.29 is 9.59 Å². The van der Waals surface area contributed by atoms with Crippen molar-refractivity contribution in [3.05, 3.63) is 31.8 Å². The molecule has 4 nitrogen and oxygen atoms in total. The summed E-state index contributed by atoms with van der Waals surface area (Å²) in [6, 6.07) is 5.75. The Balaban J connectivity index is 2.00. The minimum absolute atomic E-state index is 0.0355. The van der Waals surface area contributed by atoms with E-state index in [1.54, 1.807) is 0 Å². The molecular formula is C15H18BrIN2O2. The molecule has 1 heterocycles. The largest absolute Gasteiger partial charge is 0.356 e. The van der Waals surface area contributed by atoms with E-state index in [0.717, 1.165) is 20.9 Å². The zero-order valence-electron chi connectivity index (χ0n) is 11.9. The van der Waals surface area contributed by atoms with Crippen LogP contribution >= 0.6 is 38.5 Å². The van der Waals surface area contributed by atoms with Gasteiger partial charge in [-0.2, -0.15) is 0 Å². The summed E-state index contributed by atoms with van der Waals surface area (Å²) < 4.78 is 1.86. The molecule has 0 aliphatic carbocycles. The Bertz CT molecular complexity index is 542. The van der Waals surface area contributed by atoms with E-state index in [9.17, 15) is 9.59 Å². The lowest BCUT2D eigenvalue weighted by molar-refractivity contribution is -0.126. The van der Waals surface area contributed by atoms with E-state index in [2.05, 4.69) is 43.8 Å². The van der Waals surface area contributed by atoms with Gasteiger partial charge in [-0.1, -0.05) is 0 Å². The van der Waals surface area contributed by atoms with Crippen molar-refractivity contribution in [1.29, 1.82) is 0 Å². The predicted octanol–water partition coefficient (Wildman–Crippen LogP) is 3.04. The summed E-state index contributed by atoms with van der Waals surface area (Å²) in [5.41, 5.74) is 0.693. The smallest absolute Gasteiger partial charge is 0.255 e. The van der Waals surface area contributed by atoms with Gasteiger partial charge < -0.3 is 10.2 Å². The van der Waals surface area contributed by atoms with Crippen LogP contribution in [-0.4, -0.2) is 36.3 Å². The molecular weight excluding hydrogens is 447 g/mol. The van der Waals surface area contributed by atoms with Crippen molar-refractivity contribution in [3.8, 4) is 0 Å². The van der Waals surface area contributed by atoms with Gasteiger partial charge in [0, 0.05) is 33.6 Å². The summed E-state index contributed by atoms with van der Waals surface area (Å²) in [6.07, 6.45) is 1.47. The average molecular weight is 465 g/mol. The van der Waals surface area contributed by atoms with Crippen LogP contribution in [0.3, 0.4) is 0 Å². The molecule has 1 aromatic rings. The lowest BCUT2D eigenvalue weighted by Crippen LogP contribution is -2.43. The molecule has 1 N–H and O–H groups in total. The van der Waals surface area contributed by atoms with Gasteiger partial charge in [0.25, 0.3) is 5.91 Å². The van der Waals surface area contributed by atoms with E-state index in [1.807, 2.05) is 30.0 Å². The first-order valence-electron chi connectivity index (χ1n) is 7.05. The minimum atomic E-state index is 0.0355. The van der Waals surface area contributed by atoms with Gasteiger partial charge in [0.1, 0.15) is 0 Å². The molecule has 1 aliphatic rings. The Morgan fingerprint density at radius 1 is 1.38 bits per heavy atom. The molecule has 114 valence electrons. The van der Waals surface area contributed by atoms with Gasteiger partial charge in [0.15, 0.2) is 0 Å². The Labute approximate surface area is 146 Å². The zero-order valence-corrected chi connectivity index (χ0v) is 15.6. The Hall–Kier alpha value is -0.630. The number of carbonyl (C=O) groups excluding carboxylic acids is 2. The summed E-state index contributed by atoms with van der Waals surface area (Å²) >= 11 is 5.64. The van der Waals surface area contributed by atoms with Gasteiger partial charge in [0.2, 0.25) is 5.91 Å². The Morgan fingerprint density at radius 3 is 2.67 bits per heavy atom. The lowest BCUT2D eigenvalue weighted by Gasteiger charge is -2.31. The van der Waals surface area contributed by atoms with E-state index in [-0.39, 0.29) is 17.7 Å². The van der Waals surface area contributed by atoms with Crippen molar-refractivity contribution in [2.45, 2.75) is 19.8 Å². The van der Waals surface area contributed by atoms with Crippen LogP contribution in [0.5, 0.6) is 0 Å². The molecule has 1 aromatic carbocycles. The molecule has 0 atom stereocenters. The van der Waals surface area contributed by atoms with Crippen LogP contribution in [0, 0.1) is 9.49 Å². The van der Waals surface area contributed by atoms with Crippen molar-refractivity contribution >= 4 is 50.3 Å². The molecule has 0 spiro atoms. The number of hydrogen-bond acceptors (Lipinski definition) is 2. The second-order valence-electron chi connectivity index (χ2n) is 5.09. The van der Waals surface area contributed by atoms with Gasteiger partial charge >= 0.3 is 0 Å². The minimum Gasteiger partial charge on any atom is -0.356 e. The Morgan fingerprint density at radius 2 is 2.05 bits per heavy atom. The van der Waals surface area contributed by atoms with Crippen LogP contribution in [0.4, 0.5) is 0 Å². The topological polar surface area (TPSA) is 49.4 Å². The number of amides is 2. The van der Waals surface area contributed by atoms with Gasteiger partial charge in [-0.05, 0) is 76.5 Å². The average Bonchev–Trinajstić information content (AvgIpc) is 2.49. The van der Waals surface area contributed by atoms with Crippen molar-refractivity contribution in [3.63, 3.8) is 0 Å². The summed E-state index contributed by atoms with van der Waals surface area (Å²) in [5.74, 6) is 0.183. The van der Waals surface area contributed by atoms with Crippen molar-refractivity contribution in [2.24, 2.45) is 5.92 Å². The normalized spacial score (nSPS) is 15.9. The third kappa shape index (κ3) is 4.18. The lowest BCUT2D eigenvalue weighted by atomic mass is 9.95. The van der Waals surface area contributed by atoms with Gasteiger partial charge in [-0.15, -0.1) is 0 Å². The van der Waals surface area contributed by atoms with Gasteiger partial charge in [0.05, 0.1) is 5.56 Å². The SMILES string of the molecule is CCNC(=O)C1CCN(C(=O)c2cc(I)ccc2Br)CC1. The molecule has 0 radical (unpaired) electrons. The highest BCUT2D eigenvalue weighted by Gasteiger charge is 2.28. The molecule has 0 saturated carbocycles. The molecule has 2 amide bonds. The number of likely N-dealkylation sites (tertiary alicyclic amines) is 1. The molecule has 1 saturated heterocycles. The van der Waals surface area contributed by atoms with E-state index in [0.29, 0.717) is 25.2 Å². The number of halogens is 2. The molecule has 1 aliphatic heterocycles. The van der Waals surface area contributed by atoms with Gasteiger partial charge in [-0.3, -0.25) is 9.59 Å². The second-order valence-corrected chi connectivity index (χ2v) is 7.19. The maximum absolute atomic E-state index is 12.6. The highest BCUT2D eigenvalue weighted by Crippen LogP contribution is 2.24. The first kappa shape index (κ1) is 16.7. The molecule has 0 bridgehead atoms. The van der Waals surface area contributed by atoms with Crippen LogP contribution in [0.1, 0.15) is 30.1 Å². The highest BCUT2D eigenvalue weighted by molar-refractivity contribution is 14.1. The van der Waals surface area contributed by atoms with E-state index >= 15 is 0 Å². The summed E-state index contributed by atoms with van der Waals surface area (Å²) in [6.45, 7) is 3.86. The number of hydrogen-bond donors (Lipinski definition) is 1. The molecule has 6 heteroatoms. The number of carbonyl (C=O) groups is 2. The molecule has 1 fully saturated rings. The second kappa shape index (κ2) is 7.58. The van der Waals surface area contributed by atoms with E-state index in [4.69, 9.17) is 0 Å². The first-order chi connectivity index (χ1) is 10.0. The summed E-state index contributed by atoms with van der Waals surface area (Å²) in [5, 5.41) is 2.86. The van der Waals surface area contributed by atoms with Crippen LogP contribution in [0.2, 0.25) is 0 Å². The number of piperidine rings is 1. The molecule has 0 unspecified atom stereocenters. The van der Waals surface area contributed by atoms with Crippen molar-refractivity contribution in [2.75, 3.05) is 19.6 Å². The predicted molar refractivity (Wildman–Crippen MR) is 94.2 cm³/mol.